The van der Waals surface area contributed by atoms with Gasteiger partial charge in [0.1, 0.15) is 6.54 Å². The van der Waals surface area contributed by atoms with Crippen LogP contribution in [0.5, 0.6) is 0 Å². The van der Waals surface area contributed by atoms with E-state index in [0.717, 1.165) is 0 Å². The van der Waals surface area contributed by atoms with Crippen molar-refractivity contribution in [2.75, 3.05) is 25.0 Å². The summed E-state index contributed by atoms with van der Waals surface area (Å²) in [6, 6.07) is 3.22. The predicted molar refractivity (Wildman–Crippen MR) is 90.1 cm³/mol. The monoisotopic (exact) mass is 388 g/mol. The van der Waals surface area contributed by atoms with Gasteiger partial charge in [-0.05, 0) is 31.9 Å². The molecule has 1 aliphatic heterocycles. The molecule has 148 valence electrons. The summed E-state index contributed by atoms with van der Waals surface area (Å²) < 4.78 is 36.7. The number of hydrogen-bond donors (Lipinski definition) is 2. The van der Waals surface area contributed by atoms with Crippen LogP contribution < -0.4 is 10.6 Å². The van der Waals surface area contributed by atoms with Crippen molar-refractivity contribution in [2.45, 2.75) is 32.0 Å². The lowest BCUT2D eigenvalue weighted by Gasteiger charge is -2.23. The number of nitrogens with zero attached hydrogens (tertiary/aromatic N) is 2. The fourth-order valence-corrected chi connectivity index (χ4v) is 2.85. The van der Waals surface area contributed by atoms with Crippen molar-refractivity contribution < 1.29 is 27.7 Å². The van der Waals surface area contributed by atoms with Crippen molar-refractivity contribution in [3.8, 4) is 0 Å². The van der Waals surface area contributed by atoms with E-state index in [2.05, 4.69) is 5.32 Å². The third kappa shape index (κ3) is 5.91. The van der Waals surface area contributed by atoms with Gasteiger partial charge in [-0.3, -0.25) is 24.6 Å². The molecule has 8 nitrogen and oxygen atoms in total. The van der Waals surface area contributed by atoms with Crippen LogP contribution in [0.15, 0.2) is 18.2 Å². The van der Waals surface area contributed by atoms with Gasteiger partial charge in [0, 0.05) is 12.1 Å². The molecule has 1 aromatic carbocycles. The number of amides is 2. The van der Waals surface area contributed by atoms with E-state index in [1.54, 1.807) is 6.92 Å². The van der Waals surface area contributed by atoms with Crippen LogP contribution in [0.3, 0.4) is 0 Å². The molecule has 1 unspecified atom stereocenters. The summed E-state index contributed by atoms with van der Waals surface area (Å²) in [5, 5.41) is 15.2. The van der Waals surface area contributed by atoms with Crippen molar-refractivity contribution in [1.82, 2.24) is 10.2 Å². The molecule has 0 radical (unpaired) electrons. The Hall–Kier alpha value is -2.69. The highest BCUT2D eigenvalue weighted by Crippen LogP contribution is 2.23. The van der Waals surface area contributed by atoms with Gasteiger partial charge in [0.15, 0.2) is 0 Å². The fraction of sp³-hybridized carbons (Fsp3) is 0.500. The Morgan fingerprint density at radius 2 is 2.07 bits per heavy atom. The van der Waals surface area contributed by atoms with Gasteiger partial charge in [-0.2, -0.15) is 13.2 Å². The van der Waals surface area contributed by atoms with Crippen molar-refractivity contribution in [1.29, 1.82) is 0 Å². The first kappa shape index (κ1) is 20.6. The fourth-order valence-electron chi connectivity index (χ4n) is 2.85. The molecule has 1 saturated heterocycles. The van der Waals surface area contributed by atoms with Crippen LogP contribution >= 0.6 is 0 Å². The maximum Gasteiger partial charge on any atom is 0.405 e. The Morgan fingerprint density at radius 1 is 1.37 bits per heavy atom. The number of nitro groups is 1. The minimum absolute atomic E-state index is 0.179. The molecule has 0 aliphatic carbocycles. The maximum absolute atomic E-state index is 12.3. The van der Waals surface area contributed by atoms with Crippen molar-refractivity contribution in [2.24, 2.45) is 0 Å². The Balaban J connectivity index is 1.97. The van der Waals surface area contributed by atoms with Crippen LogP contribution in [0.25, 0.3) is 0 Å². The average Bonchev–Trinajstić information content (AvgIpc) is 3.01. The molecule has 2 rings (SSSR count). The molecule has 0 saturated carbocycles. The molecule has 0 spiro atoms. The molecule has 2 N–H and O–H groups in total. The molecule has 11 heteroatoms. The molecule has 1 atom stereocenters. The van der Waals surface area contributed by atoms with Crippen LogP contribution in [0.2, 0.25) is 0 Å². The highest BCUT2D eigenvalue weighted by Gasteiger charge is 2.34. The predicted octanol–water partition coefficient (Wildman–Crippen LogP) is 1.98. The number of nitrogens with one attached hydrogen (secondary N) is 2. The average molecular weight is 388 g/mol. The second kappa shape index (κ2) is 8.33. The summed E-state index contributed by atoms with van der Waals surface area (Å²) in [6.07, 6.45) is -3.57. The Kier molecular flexibility index (Phi) is 6.37. The van der Waals surface area contributed by atoms with Gasteiger partial charge in [0.05, 0.1) is 23.2 Å². The van der Waals surface area contributed by atoms with Gasteiger partial charge in [0.2, 0.25) is 11.8 Å². The van der Waals surface area contributed by atoms with Gasteiger partial charge in [-0.25, -0.2) is 0 Å². The standard InChI is InChI=1S/C16H19F3N4O4/c1-10-4-5-11(23(26)27)7-12(10)21-14(24)8-22-6-2-3-13(22)15(25)20-9-16(17,18)19/h4-5,7,13H,2-3,6,8-9H2,1H3,(H,20,25)(H,21,24). The molecule has 1 fully saturated rings. The highest BCUT2D eigenvalue weighted by molar-refractivity contribution is 5.94. The lowest BCUT2D eigenvalue weighted by Crippen LogP contribution is -2.47. The maximum atomic E-state index is 12.3. The molecular formula is C16H19F3N4O4. The zero-order chi connectivity index (χ0) is 20.2. The second-order valence-corrected chi connectivity index (χ2v) is 6.27. The SMILES string of the molecule is Cc1ccc([N+](=O)[O-])cc1NC(=O)CN1CCCC1C(=O)NCC(F)(F)F. The van der Waals surface area contributed by atoms with E-state index in [0.29, 0.717) is 24.9 Å². The van der Waals surface area contributed by atoms with E-state index in [1.165, 1.54) is 23.1 Å². The molecule has 1 aliphatic rings. The van der Waals surface area contributed by atoms with E-state index in [-0.39, 0.29) is 17.9 Å². The van der Waals surface area contributed by atoms with Gasteiger partial charge < -0.3 is 10.6 Å². The number of benzene rings is 1. The molecular weight excluding hydrogens is 369 g/mol. The topological polar surface area (TPSA) is 105 Å². The van der Waals surface area contributed by atoms with Crippen LogP contribution in [-0.4, -0.2) is 53.5 Å². The molecule has 0 bridgehead atoms. The first-order valence-corrected chi connectivity index (χ1v) is 8.20. The molecule has 1 aromatic rings. The highest BCUT2D eigenvalue weighted by atomic mass is 19.4. The summed E-state index contributed by atoms with van der Waals surface area (Å²) in [7, 11) is 0. The lowest BCUT2D eigenvalue weighted by molar-refractivity contribution is -0.384. The quantitative estimate of drug-likeness (QED) is 0.573. The number of aryl methyl sites for hydroxylation is 1. The van der Waals surface area contributed by atoms with Gasteiger partial charge in [-0.15, -0.1) is 0 Å². The molecule has 0 aromatic heterocycles. The number of hydrogen-bond acceptors (Lipinski definition) is 5. The Morgan fingerprint density at radius 3 is 2.70 bits per heavy atom. The number of alkyl halides is 3. The summed E-state index contributed by atoms with van der Waals surface area (Å²) in [6.45, 7) is 0.440. The van der Waals surface area contributed by atoms with Crippen molar-refractivity contribution in [3.63, 3.8) is 0 Å². The number of carbonyl (C=O) groups is 2. The molecule has 2 amide bonds. The zero-order valence-electron chi connectivity index (χ0n) is 14.5. The summed E-state index contributed by atoms with van der Waals surface area (Å²) in [5.74, 6) is -1.28. The van der Waals surface area contributed by atoms with Crippen molar-refractivity contribution in [3.05, 3.63) is 33.9 Å². The number of carbonyl (C=O) groups excluding carboxylic acids is 2. The van der Waals surface area contributed by atoms with E-state index >= 15 is 0 Å². The van der Waals surface area contributed by atoms with Gasteiger partial charge in [0.25, 0.3) is 5.69 Å². The Labute approximate surface area is 152 Å². The third-order valence-electron chi connectivity index (χ3n) is 4.18. The number of nitro benzene ring substituents is 1. The van der Waals surface area contributed by atoms with Crippen LogP contribution in [0.4, 0.5) is 24.5 Å². The van der Waals surface area contributed by atoms with Gasteiger partial charge in [-0.1, -0.05) is 6.07 Å². The van der Waals surface area contributed by atoms with Crippen LogP contribution in [0.1, 0.15) is 18.4 Å². The number of anilines is 1. The van der Waals surface area contributed by atoms with E-state index in [9.17, 15) is 32.9 Å². The first-order valence-electron chi connectivity index (χ1n) is 8.20. The van der Waals surface area contributed by atoms with E-state index in [1.807, 2.05) is 5.32 Å². The largest absolute Gasteiger partial charge is 0.405 e. The smallest absolute Gasteiger partial charge is 0.346 e. The zero-order valence-corrected chi connectivity index (χ0v) is 14.5. The summed E-state index contributed by atoms with van der Waals surface area (Å²) >= 11 is 0. The lowest BCUT2D eigenvalue weighted by atomic mass is 10.1. The van der Waals surface area contributed by atoms with Crippen LogP contribution in [-0.2, 0) is 9.59 Å². The summed E-state index contributed by atoms with van der Waals surface area (Å²) in [4.78, 5) is 36.0. The summed E-state index contributed by atoms with van der Waals surface area (Å²) in [5.41, 5.74) is 0.711. The first-order chi connectivity index (χ1) is 12.6. The number of likely N-dealkylation sites (tertiary alicyclic amines) is 1. The van der Waals surface area contributed by atoms with E-state index in [4.69, 9.17) is 0 Å². The van der Waals surface area contributed by atoms with Crippen molar-refractivity contribution >= 4 is 23.2 Å². The molecule has 27 heavy (non-hydrogen) atoms. The number of non-ortho nitro benzene ring substituents is 1. The normalized spacial score (nSPS) is 17.6. The number of halogens is 3. The number of rotatable bonds is 6. The van der Waals surface area contributed by atoms with Crippen LogP contribution in [0, 0.1) is 17.0 Å². The Bertz CT molecular complexity index is 739. The minimum Gasteiger partial charge on any atom is -0.346 e. The third-order valence-corrected chi connectivity index (χ3v) is 4.18. The van der Waals surface area contributed by atoms with Gasteiger partial charge >= 0.3 is 6.18 Å². The molecule has 1 heterocycles. The minimum atomic E-state index is -4.50. The van der Waals surface area contributed by atoms with E-state index < -0.39 is 35.5 Å². The second-order valence-electron chi connectivity index (χ2n) is 6.27.